The number of guanidine groups is 1. The van der Waals surface area contributed by atoms with E-state index in [1.807, 2.05) is 18.2 Å². The number of hydrogen-bond acceptors (Lipinski definition) is 5. The van der Waals surface area contributed by atoms with Crippen LogP contribution in [-0.4, -0.2) is 30.0 Å². The molecule has 164 valence electrons. The van der Waals surface area contributed by atoms with Crippen LogP contribution in [-0.2, 0) is 14.3 Å². The van der Waals surface area contributed by atoms with Crippen LogP contribution < -0.4 is 20.7 Å². The average Bonchev–Trinajstić information content (AvgIpc) is 2.69. The quantitative estimate of drug-likeness (QED) is 0.469. The summed E-state index contributed by atoms with van der Waals surface area (Å²) in [5.41, 5.74) is 0.764. The summed E-state index contributed by atoms with van der Waals surface area (Å²) in [6.45, 7) is 6.40. The van der Waals surface area contributed by atoms with Gasteiger partial charge in [-0.3, -0.25) is 14.9 Å². The average molecular weight is 426 g/mol. The summed E-state index contributed by atoms with van der Waals surface area (Å²) in [5.74, 6) is 0.198. The van der Waals surface area contributed by atoms with Crippen LogP contribution in [0.2, 0.25) is 0 Å². The summed E-state index contributed by atoms with van der Waals surface area (Å²) in [7, 11) is 0. The minimum Gasteiger partial charge on any atom is -0.457 e. The number of benzene rings is 2. The van der Waals surface area contributed by atoms with E-state index in [1.54, 1.807) is 51.1 Å². The van der Waals surface area contributed by atoms with E-state index in [0.717, 1.165) is 0 Å². The number of nitrogens with zero attached hydrogens (tertiary/aromatic N) is 1. The third-order valence-electron chi connectivity index (χ3n) is 3.64. The highest BCUT2D eigenvalue weighted by atomic mass is 16.6. The normalized spacial score (nSPS) is 10.9. The van der Waals surface area contributed by atoms with Crippen LogP contribution in [0.25, 0.3) is 0 Å². The van der Waals surface area contributed by atoms with Crippen molar-refractivity contribution in [2.24, 2.45) is 4.99 Å². The number of carbonyl (C=O) groups excluding carboxylic acids is 3. The van der Waals surface area contributed by atoms with E-state index < -0.39 is 12.0 Å². The fraction of sp³-hybridized carbons (Fsp3) is 0.273. The molecule has 0 aromatic heterocycles. The van der Waals surface area contributed by atoms with Crippen molar-refractivity contribution in [3.05, 3.63) is 48.5 Å². The third kappa shape index (κ3) is 8.17. The van der Waals surface area contributed by atoms with Crippen molar-refractivity contribution >= 4 is 35.2 Å². The largest absolute Gasteiger partial charge is 0.457 e. The Kier molecular flexibility index (Phi) is 8.56. The van der Waals surface area contributed by atoms with Crippen molar-refractivity contribution in [1.29, 1.82) is 0 Å². The van der Waals surface area contributed by atoms with Gasteiger partial charge in [0.05, 0.1) is 17.5 Å². The molecule has 31 heavy (non-hydrogen) atoms. The number of nitrogens with one attached hydrogen (secondary N) is 3. The Balaban J connectivity index is 2.35. The predicted octanol–water partition coefficient (Wildman–Crippen LogP) is 4.28. The predicted molar refractivity (Wildman–Crippen MR) is 118 cm³/mol. The second kappa shape index (κ2) is 11.3. The fourth-order valence-electron chi connectivity index (χ4n) is 2.37. The van der Waals surface area contributed by atoms with E-state index >= 15 is 0 Å². The Morgan fingerprint density at radius 3 is 2.29 bits per heavy atom. The Morgan fingerprint density at radius 2 is 1.68 bits per heavy atom. The van der Waals surface area contributed by atoms with Gasteiger partial charge < -0.3 is 20.1 Å². The highest BCUT2D eigenvalue weighted by molar-refractivity contribution is 6.09. The standard InChI is InChI=1S/C22H26N4O5/c1-5-20(28)25-21(26-22(29)30-14(2)3)24-19-13-17(11-12-18(19)23-15(4)27)31-16-9-7-6-8-10-16/h6-14H,5H2,1-4H3,(H,23,27)(H2,24,25,26,28,29). The van der Waals surface area contributed by atoms with Gasteiger partial charge in [-0.15, -0.1) is 0 Å². The van der Waals surface area contributed by atoms with Gasteiger partial charge in [0.15, 0.2) is 0 Å². The van der Waals surface area contributed by atoms with E-state index in [1.165, 1.54) is 6.92 Å². The Hall–Kier alpha value is -3.88. The molecule has 2 aromatic carbocycles. The van der Waals surface area contributed by atoms with Gasteiger partial charge in [-0.1, -0.05) is 25.1 Å². The zero-order valence-corrected chi connectivity index (χ0v) is 17.9. The van der Waals surface area contributed by atoms with Gasteiger partial charge in [-0.2, -0.15) is 4.99 Å². The van der Waals surface area contributed by atoms with Gasteiger partial charge in [-0.25, -0.2) is 4.79 Å². The zero-order valence-electron chi connectivity index (χ0n) is 17.9. The molecule has 3 amide bonds. The summed E-state index contributed by atoms with van der Waals surface area (Å²) >= 11 is 0. The van der Waals surface area contributed by atoms with E-state index in [-0.39, 0.29) is 24.4 Å². The lowest BCUT2D eigenvalue weighted by atomic mass is 10.2. The van der Waals surface area contributed by atoms with Crippen LogP contribution in [0, 0.1) is 0 Å². The number of alkyl carbamates (subject to hydrolysis) is 1. The van der Waals surface area contributed by atoms with Crippen LogP contribution in [0.4, 0.5) is 16.2 Å². The molecule has 0 saturated carbocycles. The maximum Gasteiger partial charge on any atom is 0.414 e. The smallest absolute Gasteiger partial charge is 0.414 e. The highest BCUT2D eigenvalue weighted by Gasteiger charge is 2.14. The molecule has 0 aliphatic carbocycles. The molecule has 2 aromatic rings. The third-order valence-corrected chi connectivity index (χ3v) is 3.64. The van der Waals surface area contributed by atoms with Crippen molar-refractivity contribution in [2.75, 3.05) is 10.6 Å². The van der Waals surface area contributed by atoms with Crippen molar-refractivity contribution in [3.8, 4) is 11.5 Å². The molecular weight excluding hydrogens is 400 g/mol. The first kappa shape index (κ1) is 23.4. The minimum absolute atomic E-state index is 0.138. The zero-order chi connectivity index (χ0) is 22.8. The van der Waals surface area contributed by atoms with Crippen LogP contribution >= 0.6 is 0 Å². The SMILES string of the molecule is CCC(=O)N=C(NC(=O)OC(C)C)Nc1cc(Oc2ccccc2)ccc1NC(C)=O. The summed E-state index contributed by atoms with van der Waals surface area (Å²) in [6, 6.07) is 14.1. The number of rotatable bonds is 6. The molecule has 2 rings (SSSR count). The van der Waals surface area contributed by atoms with Gasteiger partial charge >= 0.3 is 6.09 Å². The first-order valence-corrected chi connectivity index (χ1v) is 9.77. The van der Waals surface area contributed by atoms with Crippen LogP contribution in [0.1, 0.15) is 34.1 Å². The second-order valence-electron chi connectivity index (χ2n) is 6.72. The van der Waals surface area contributed by atoms with Gasteiger partial charge in [0.2, 0.25) is 17.8 Å². The number of para-hydroxylation sites is 1. The lowest BCUT2D eigenvalue weighted by molar-refractivity contribution is -0.117. The van der Waals surface area contributed by atoms with Crippen molar-refractivity contribution in [3.63, 3.8) is 0 Å². The van der Waals surface area contributed by atoms with Crippen molar-refractivity contribution in [2.45, 2.75) is 40.2 Å². The summed E-state index contributed by atoms with van der Waals surface area (Å²) in [6.07, 6.45) is -0.995. The Morgan fingerprint density at radius 1 is 0.968 bits per heavy atom. The summed E-state index contributed by atoms with van der Waals surface area (Å²) in [5, 5.41) is 7.97. The van der Waals surface area contributed by atoms with E-state index in [9.17, 15) is 14.4 Å². The molecule has 0 aliphatic heterocycles. The lowest BCUT2D eigenvalue weighted by Gasteiger charge is -2.17. The molecular formula is C22H26N4O5. The number of hydrogen-bond donors (Lipinski definition) is 3. The monoisotopic (exact) mass is 426 g/mol. The van der Waals surface area contributed by atoms with Crippen LogP contribution in [0.3, 0.4) is 0 Å². The summed E-state index contributed by atoms with van der Waals surface area (Å²) in [4.78, 5) is 39.4. The lowest BCUT2D eigenvalue weighted by Crippen LogP contribution is -2.38. The molecule has 0 aliphatic rings. The van der Waals surface area contributed by atoms with Crippen LogP contribution in [0.15, 0.2) is 53.5 Å². The number of carbonyl (C=O) groups is 3. The maximum atomic E-state index is 12.0. The number of anilines is 2. The minimum atomic E-state index is -0.775. The molecule has 0 unspecified atom stereocenters. The molecule has 0 atom stereocenters. The molecule has 9 nitrogen and oxygen atoms in total. The first-order valence-electron chi connectivity index (χ1n) is 9.77. The molecule has 0 radical (unpaired) electrons. The number of amides is 3. The number of ether oxygens (including phenoxy) is 2. The second-order valence-corrected chi connectivity index (χ2v) is 6.72. The van der Waals surface area contributed by atoms with E-state index in [2.05, 4.69) is 20.9 Å². The first-order chi connectivity index (χ1) is 14.8. The van der Waals surface area contributed by atoms with Crippen LogP contribution in [0.5, 0.6) is 11.5 Å². The van der Waals surface area contributed by atoms with E-state index in [0.29, 0.717) is 22.9 Å². The molecule has 0 spiro atoms. The van der Waals surface area contributed by atoms with Crippen molar-refractivity contribution < 1.29 is 23.9 Å². The molecule has 0 bridgehead atoms. The Bertz CT molecular complexity index is 958. The van der Waals surface area contributed by atoms with Gasteiger partial charge in [0.1, 0.15) is 11.5 Å². The molecule has 9 heteroatoms. The highest BCUT2D eigenvalue weighted by Crippen LogP contribution is 2.30. The molecule has 0 saturated heterocycles. The molecule has 0 heterocycles. The molecule has 3 N–H and O–H groups in total. The number of aliphatic imine (C=N–C) groups is 1. The maximum absolute atomic E-state index is 12.0. The van der Waals surface area contributed by atoms with Crippen molar-refractivity contribution in [1.82, 2.24) is 5.32 Å². The molecule has 0 fully saturated rings. The van der Waals surface area contributed by atoms with Gasteiger partial charge in [0.25, 0.3) is 0 Å². The fourth-order valence-corrected chi connectivity index (χ4v) is 2.37. The van der Waals surface area contributed by atoms with Gasteiger partial charge in [0, 0.05) is 19.4 Å². The Labute approximate surface area is 180 Å². The topological polar surface area (TPSA) is 118 Å². The van der Waals surface area contributed by atoms with Gasteiger partial charge in [-0.05, 0) is 38.1 Å². The van der Waals surface area contributed by atoms with E-state index in [4.69, 9.17) is 9.47 Å². The summed E-state index contributed by atoms with van der Waals surface area (Å²) < 4.78 is 10.9.